The maximum atomic E-state index is 8.89. The molecular formula is C48H31NO. The predicted molar refractivity (Wildman–Crippen MR) is 212 cm³/mol. The first-order chi connectivity index (χ1) is 27.7. The summed E-state index contributed by atoms with van der Waals surface area (Å²) >= 11 is 0. The van der Waals surface area contributed by atoms with Crippen molar-refractivity contribution in [2.45, 2.75) is 0 Å². The SMILES string of the molecule is [2H]c1c([2H])c([2H])c2c(-c3cccc(-c4ccc(N(c5cc6ccccc6c6ccccc56)c5cccc6c5oc5ccccc56)cc4)c3)c([2H])c([2H])c([2H])c2c1[2H]. The summed E-state index contributed by atoms with van der Waals surface area (Å²) in [7, 11) is 0. The largest absolute Gasteiger partial charge is 0.454 e. The van der Waals surface area contributed by atoms with E-state index < -0.39 is 18.1 Å². The number of para-hydroxylation sites is 2. The molecule has 2 nitrogen and oxygen atoms in total. The summed E-state index contributed by atoms with van der Waals surface area (Å²) in [4.78, 5) is 2.25. The smallest absolute Gasteiger partial charge is 0.159 e. The Morgan fingerprint density at radius 1 is 0.420 bits per heavy atom. The number of benzene rings is 9. The molecule has 0 radical (unpaired) electrons. The Bertz CT molecular complexity index is 3270. The molecule has 9 aromatic carbocycles. The van der Waals surface area contributed by atoms with Gasteiger partial charge in [-0.25, -0.2) is 0 Å². The Labute approximate surface area is 299 Å². The molecule has 0 aliphatic carbocycles. The van der Waals surface area contributed by atoms with Gasteiger partial charge in [0.25, 0.3) is 0 Å². The average molecular weight is 645 g/mol. The molecule has 0 aliphatic heterocycles. The summed E-state index contributed by atoms with van der Waals surface area (Å²) in [6.45, 7) is 0. The number of furan rings is 1. The number of fused-ring (bicyclic) bond motifs is 7. The van der Waals surface area contributed by atoms with Gasteiger partial charge in [-0.05, 0) is 85.6 Å². The molecule has 2 heteroatoms. The van der Waals surface area contributed by atoms with Crippen molar-refractivity contribution >= 4 is 71.3 Å². The van der Waals surface area contributed by atoms with E-state index in [1.54, 1.807) is 6.07 Å². The van der Waals surface area contributed by atoms with Gasteiger partial charge in [0.15, 0.2) is 5.58 Å². The van der Waals surface area contributed by atoms with E-state index in [2.05, 4.69) is 95.9 Å². The minimum atomic E-state index is -0.472. The van der Waals surface area contributed by atoms with Crippen LogP contribution in [0.1, 0.15) is 9.60 Å². The van der Waals surface area contributed by atoms with Crippen LogP contribution in [0.25, 0.3) is 76.5 Å². The van der Waals surface area contributed by atoms with Gasteiger partial charge in [0, 0.05) is 21.8 Å². The minimum Gasteiger partial charge on any atom is -0.454 e. The standard InChI is InChI=1S/C48H31NO/c1-3-17-38-33(12-1)14-10-22-39(38)35-16-9-15-34(30-35)32-26-28-37(29-27-32)49(45-24-11-23-44-43-21-7-8-25-47(43)50-48(44)45)46-31-36-13-2-4-18-40(36)41-19-5-6-20-42(41)46/h1-31H/i1D,3D,10D,12D,14D,17D,22D. The highest BCUT2D eigenvalue weighted by atomic mass is 16.3. The Morgan fingerprint density at radius 2 is 1.12 bits per heavy atom. The van der Waals surface area contributed by atoms with Gasteiger partial charge in [0.05, 0.1) is 21.0 Å². The van der Waals surface area contributed by atoms with Gasteiger partial charge < -0.3 is 9.32 Å². The molecule has 234 valence electrons. The Balaban J connectivity index is 1.16. The van der Waals surface area contributed by atoms with Crippen molar-refractivity contribution in [1.29, 1.82) is 0 Å². The fraction of sp³-hybridized carbons (Fsp3) is 0. The van der Waals surface area contributed by atoms with Crippen molar-refractivity contribution in [2.75, 3.05) is 4.90 Å². The van der Waals surface area contributed by atoms with Gasteiger partial charge in [-0.2, -0.15) is 0 Å². The molecule has 0 aliphatic rings. The van der Waals surface area contributed by atoms with Crippen LogP contribution in [0.2, 0.25) is 0 Å². The number of nitrogens with zero attached hydrogens (tertiary/aromatic N) is 1. The van der Waals surface area contributed by atoms with Crippen molar-refractivity contribution in [3.05, 3.63) is 188 Å². The summed E-state index contributed by atoms with van der Waals surface area (Å²) in [6.07, 6.45) is 0. The number of hydrogen-bond donors (Lipinski definition) is 0. The van der Waals surface area contributed by atoms with Crippen molar-refractivity contribution < 1.29 is 14.0 Å². The van der Waals surface area contributed by atoms with Crippen molar-refractivity contribution in [3.8, 4) is 22.3 Å². The monoisotopic (exact) mass is 644 g/mol. The normalized spacial score (nSPS) is 13.6. The molecule has 1 heterocycles. The summed E-state index contributed by atoms with van der Waals surface area (Å²) in [5.74, 6) is 0. The first-order valence-corrected chi connectivity index (χ1v) is 16.5. The van der Waals surface area contributed by atoms with Crippen molar-refractivity contribution in [3.63, 3.8) is 0 Å². The van der Waals surface area contributed by atoms with E-state index in [0.717, 1.165) is 66.3 Å². The van der Waals surface area contributed by atoms with Gasteiger partial charge in [0.1, 0.15) is 5.58 Å². The van der Waals surface area contributed by atoms with Crippen LogP contribution in [0.3, 0.4) is 0 Å². The third-order valence-electron chi connectivity index (χ3n) is 9.53. The number of rotatable bonds is 5. The van der Waals surface area contributed by atoms with Crippen LogP contribution in [-0.4, -0.2) is 0 Å². The van der Waals surface area contributed by atoms with E-state index in [1.807, 2.05) is 48.5 Å². The highest BCUT2D eigenvalue weighted by molar-refractivity contribution is 6.16. The third-order valence-corrected chi connectivity index (χ3v) is 9.53. The first kappa shape index (κ1) is 22.1. The third kappa shape index (κ3) is 4.57. The second-order valence-corrected chi connectivity index (χ2v) is 12.4. The molecule has 0 saturated heterocycles. The quantitative estimate of drug-likeness (QED) is 0.173. The van der Waals surface area contributed by atoms with Crippen LogP contribution in [0.15, 0.2) is 192 Å². The molecule has 0 atom stereocenters. The van der Waals surface area contributed by atoms with Crippen LogP contribution in [0, 0.1) is 0 Å². The molecule has 0 N–H and O–H groups in total. The van der Waals surface area contributed by atoms with Crippen LogP contribution in [0.4, 0.5) is 17.1 Å². The first-order valence-electron chi connectivity index (χ1n) is 20.0. The van der Waals surface area contributed by atoms with Crippen molar-refractivity contribution in [1.82, 2.24) is 0 Å². The lowest BCUT2D eigenvalue weighted by molar-refractivity contribution is 0.669. The fourth-order valence-electron chi connectivity index (χ4n) is 7.22. The van der Waals surface area contributed by atoms with Gasteiger partial charge in [-0.15, -0.1) is 0 Å². The molecule has 0 saturated carbocycles. The Hall–Kier alpha value is -6.64. The van der Waals surface area contributed by atoms with Crippen LogP contribution >= 0.6 is 0 Å². The minimum absolute atomic E-state index is 0.0625. The summed E-state index contributed by atoms with van der Waals surface area (Å²) in [5.41, 5.74) is 6.80. The summed E-state index contributed by atoms with van der Waals surface area (Å²) < 4.78 is 66.5. The van der Waals surface area contributed by atoms with Crippen LogP contribution < -0.4 is 4.90 Å². The summed E-state index contributed by atoms with van der Waals surface area (Å²) in [6, 6.07) is 46.4. The summed E-state index contributed by atoms with van der Waals surface area (Å²) in [5, 5.41) is 6.58. The van der Waals surface area contributed by atoms with Gasteiger partial charge in [0.2, 0.25) is 0 Å². The van der Waals surface area contributed by atoms with E-state index in [9.17, 15) is 0 Å². The van der Waals surface area contributed by atoms with Crippen molar-refractivity contribution in [2.24, 2.45) is 0 Å². The van der Waals surface area contributed by atoms with Crippen LogP contribution in [0.5, 0.6) is 0 Å². The predicted octanol–water partition coefficient (Wildman–Crippen LogP) is 13.8. The average Bonchev–Trinajstić information content (AvgIpc) is 3.64. The maximum Gasteiger partial charge on any atom is 0.159 e. The number of anilines is 3. The number of hydrogen-bond acceptors (Lipinski definition) is 2. The van der Waals surface area contributed by atoms with E-state index >= 15 is 0 Å². The lowest BCUT2D eigenvalue weighted by Crippen LogP contribution is -2.11. The van der Waals surface area contributed by atoms with Gasteiger partial charge in [-0.3, -0.25) is 0 Å². The van der Waals surface area contributed by atoms with Crippen LogP contribution in [-0.2, 0) is 0 Å². The Morgan fingerprint density at radius 3 is 2.02 bits per heavy atom. The van der Waals surface area contributed by atoms with Gasteiger partial charge in [-0.1, -0.05) is 151 Å². The zero-order valence-electron chi connectivity index (χ0n) is 33.7. The van der Waals surface area contributed by atoms with E-state index in [1.165, 1.54) is 5.39 Å². The zero-order valence-corrected chi connectivity index (χ0v) is 26.7. The molecule has 0 amide bonds. The second kappa shape index (κ2) is 11.5. The zero-order chi connectivity index (χ0) is 39.1. The molecule has 10 rings (SSSR count). The van der Waals surface area contributed by atoms with E-state index in [0.29, 0.717) is 5.56 Å². The molecule has 50 heavy (non-hydrogen) atoms. The lowest BCUT2D eigenvalue weighted by Gasteiger charge is -2.27. The topological polar surface area (TPSA) is 16.4 Å². The molecule has 0 fully saturated rings. The fourth-order valence-corrected chi connectivity index (χ4v) is 7.22. The Kier molecular flexibility index (Phi) is 5.08. The van der Waals surface area contributed by atoms with E-state index in [4.69, 9.17) is 14.0 Å². The molecular weight excluding hydrogens is 607 g/mol. The molecule has 1 aromatic heterocycles. The second-order valence-electron chi connectivity index (χ2n) is 12.4. The lowest BCUT2D eigenvalue weighted by atomic mass is 9.95. The maximum absolute atomic E-state index is 8.89. The molecule has 0 bridgehead atoms. The molecule has 0 spiro atoms. The van der Waals surface area contributed by atoms with E-state index in [-0.39, 0.29) is 40.5 Å². The highest BCUT2D eigenvalue weighted by Crippen LogP contribution is 2.46. The highest BCUT2D eigenvalue weighted by Gasteiger charge is 2.22. The molecule has 0 unspecified atom stereocenters. The van der Waals surface area contributed by atoms with Gasteiger partial charge >= 0.3 is 0 Å². The molecule has 10 aromatic rings.